The molecule has 4 aromatic rings. The van der Waals surface area contributed by atoms with Crippen LogP contribution in [0.15, 0.2) is 47.0 Å². The van der Waals surface area contributed by atoms with Gasteiger partial charge >= 0.3 is 5.97 Å². The van der Waals surface area contributed by atoms with Crippen LogP contribution in [0.2, 0.25) is 0 Å². The number of carboxylic acid groups (broad SMARTS) is 1. The number of nitrogens with zero attached hydrogens (tertiary/aromatic N) is 3. The van der Waals surface area contributed by atoms with Gasteiger partial charge < -0.3 is 19.1 Å². The molecule has 4 rings (SSSR count). The number of rotatable bonds is 7. The van der Waals surface area contributed by atoms with Crippen LogP contribution in [0.5, 0.6) is 5.75 Å². The van der Waals surface area contributed by atoms with Crippen molar-refractivity contribution in [2.75, 3.05) is 20.3 Å². The molecule has 2 N–H and O–H groups in total. The second-order valence-electron chi connectivity index (χ2n) is 6.35. The summed E-state index contributed by atoms with van der Waals surface area (Å²) in [7, 11) is 1.58. The van der Waals surface area contributed by atoms with Crippen LogP contribution in [0.25, 0.3) is 38.5 Å². The summed E-state index contributed by atoms with van der Waals surface area (Å²) in [5, 5.41) is 21.0. The zero-order valence-corrected chi connectivity index (χ0v) is 15.9. The minimum absolute atomic E-state index is 0.191. The predicted octanol–water partition coefficient (Wildman–Crippen LogP) is 4.16. The Kier molecular flexibility index (Phi) is 5.15. The summed E-state index contributed by atoms with van der Waals surface area (Å²) in [5.74, 6) is -0.129. The van der Waals surface area contributed by atoms with Crippen molar-refractivity contribution in [3.8, 4) is 28.5 Å². The number of aromatic nitrogens is 3. The van der Waals surface area contributed by atoms with Gasteiger partial charge in [0.05, 0.1) is 24.3 Å². The van der Waals surface area contributed by atoms with Gasteiger partial charge in [-0.25, -0.2) is 9.64 Å². The lowest BCUT2D eigenvalue weighted by molar-refractivity contribution is 0.0697. The Morgan fingerprint density at radius 2 is 2.03 bits per heavy atom. The van der Waals surface area contributed by atoms with Gasteiger partial charge in [0.15, 0.2) is 5.76 Å². The van der Waals surface area contributed by atoms with Crippen LogP contribution in [0.4, 0.5) is 5.69 Å². The number of carboxylic acids is 1. The van der Waals surface area contributed by atoms with Crippen LogP contribution < -0.4 is 4.74 Å². The smallest absolute Gasteiger partial charge is 0.335 e. The van der Waals surface area contributed by atoms with E-state index in [2.05, 4.69) is 20.2 Å². The molecule has 9 nitrogen and oxygen atoms in total. The van der Waals surface area contributed by atoms with E-state index in [1.165, 1.54) is 12.1 Å². The monoisotopic (exact) mass is 404 g/mol. The van der Waals surface area contributed by atoms with E-state index in [9.17, 15) is 4.79 Å². The molecular formula is C21H16N4O5. The molecule has 0 spiro atoms. The van der Waals surface area contributed by atoms with Crippen molar-refractivity contribution >= 4 is 22.6 Å². The zero-order chi connectivity index (χ0) is 21.1. The number of hydrogen-bond donors (Lipinski definition) is 2. The standard InChI is InChI=1S/C21H16N4O5/c1-22-17-9-14-16(11-18(17)29-8-7-28-2)23-24-20(14)19-10-15(25-30-19)12-3-5-13(6-4-12)21(26)27/h3-6,9-11H,7-8H2,2H3,(H,23,24)(H,26,27). The quantitative estimate of drug-likeness (QED) is 0.351. The van der Waals surface area contributed by atoms with Gasteiger partial charge in [0.2, 0.25) is 5.69 Å². The Labute approximate surface area is 170 Å². The molecule has 9 heteroatoms. The molecule has 0 fully saturated rings. The second kappa shape index (κ2) is 8.06. The maximum atomic E-state index is 11.0. The van der Waals surface area contributed by atoms with Gasteiger partial charge in [0, 0.05) is 24.1 Å². The van der Waals surface area contributed by atoms with Gasteiger partial charge in [0.25, 0.3) is 0 Å². The van der Waals surface area contributed by atoms with E-state index in [1.807, 2.05) is 0 Å². The summed E-state index contributed by atoms with van der Waals surface area (Å²) in [6, 6.07) is 11.4. The Bertz CT molecular complexity index is 1250. The average Bonchev–Trinajstić information content (AvgIpc) is 3.40. The van der Waals surface area contributed by atoms with Gasteiger partial charge in [-0.2, -0.15) is 5.10 Å². The van der Waals surface area contributed by atoms with E-state index in [1.54, 1.807) is 37.4 Å². The third-order valence-corrected chi connectivity index (χ3v) is 4.48. The highest BCUT2D eigenvalue weighted by Crippen LogP contribution is 2.37. The van der Waals surface area contributed by atoms with E-state index in [0.717, 1.165) is 0 Å². The van der Waals surface area contributed by atoms with E-state index in [4.69, 9.17) is 25.7 Å². The lowest BCUT2D eigenvalue weighted by Crippen LogP contribution is -2.04. The molecule has 0 aliphatic heterocycles. The molecular weight excluding hydrogens is 388 g/mol. The number of aromatic carboxylic acids is 1. The number of aromatic amines is 1. The summed E-state index contributed by atoms with van der Waals surface area (Å²) in [4.78, 5) is 14.5. The van der Waals surface area contributed by atoms with Crippen molar-refractivity contribution in [1.29, 1.82) is 0 Å². The molecule has 150 valence electrons. The first-order chi connectivity index (χ1) is 14.6. The van der Waals surface area contributed by atoms with Crippen molar-refractivity contribution in [2.45, 2.75) is 0 Å². The van der Waals surface area contributed by atoms with Crippen LogP contribution in [0.3, 0.4) is 0 Å². The van der Waals surface area contributed by atoms with Crippen molar-refractivity contribution in [1.82, 2.24) is 15.4 Å². The topological polar surface area (TPSA) is 115 Å². The molecule has 0 unspecified atom stereocenters. The first-order valence-corrected chi connectivity index (χ1v) is 8.93. The highest BCUT2D eigenvalue weighted by molar-refractivity contribution is 5.96. The Balaban J connectivity index is 1.67. The number of ether oxygens (including phenoxy) is 2. The molecule has 0 atom stereocenters. The van der Waals surface area contributed by atoms with E-state index in [0.29, 0.717) is 58.3 Å². The number of nitrogens with one attached hydrogen (secondary N) is 1. The number of methoxy groups -OCH3 is 1. The summed E-state index contributed by atoms with van der Waals surface area (Å²) in [6.45, 7) is 8.18. The molecule has 2 aromatic carbocycles. The Morgan fingerprint density at radius 3 is 2.73 bits per heavy atom. The highest BCUT2D eigenvalue weighted by Gasteiger charge is 2.17. The van der Waals surface area contributed by atoms with E-state index < -0.39 is 5.97 Å². The fourth-order valence-corrected chi connectivity index (χ4v) is 2.97. The van der Waals surface area contributed by atoms with Crippen molar-refractivity contribution in [3.63, 3.8) is 0 Å². The van der Waals surface area contributed by atoms with Gasteiger partial charge in [0.1, 0.15) is 23.7 Å². The van der Waals surface area contributed by atoms with Crippen LogP contribution >= 0.6 is 0 Å². The SMILES string of the molecule is [C-]#[N+]c1cc2c(-c3cc(-c4ccc(C(=O)O)cc4)no3)n[nH]c2cc1OCCOC. The average molecular weight is 404 g/mol. The largest absolute Gasteiger partial charge is 0.502 e. The molecule has 2 aromatic heterocycles. The Hall–Kier alpha value is -4.16. The number of hydrogen-bond acceptors (Lipinski definition) is 6. The molecule has 0 aliphatic rings. The lowest BCUT2D eigenvalue weighted by Gasteiger charge is -2.07. The van der Waals surface area contributed by atoms with Crippen LogP contribution in [0, 0.1) is 6.57 Å². The first kappa shape index (κ1) is 19.2. The minimum Gasteiger partial charge on any atom is -0.502 e. The number of carbonyl (C=O) groups is 1. The maximum absolute atomic E-state index is 11.0. The minimum atomic E-state index is -0.994. The maximum Gasteiger partial charge on any atom is 0.335 e. The second-order valence-corrected chi connectivity index (χ2v) is 6.35. The molecule has 0 aliphatic carbocycles. The Morgan fingerprint density at radius 1 is 1.23 bits per heavy atom. The fourth-order valence-electron chi connectivity index (χ4n) is 2.97. The summed E-state index contributed by atoms with van der Waals surface area (Å²) in [6.07, 6.45) is 0. The van der Waals surface area contributed by atoms with Crippen LogP contribution in [0.1, 0.15) is 10.4 Å². The molecule has 0 saturated heterocycles. The molecule has 0 amide bonds. The summed E-state index contributed by atoms with van der Waals surface area (Å²) >= 11 is 0. The van der Waals surface area contributed by atoms with Gasteiger partial charge in [-0.15, -0.1) is 0 Å². The third kappa shape index (κ3) is 3.59. The third-order valence-electron chi connectivity index (χ3n) is 4.48. The normalized spacial score (nSPS) is 10.8. The zero-order valence-electron chi connectivity index (χ0n) is 15.9. The summed E-state index contributed by atoms with van der Waals surface area (Å²) < 4.78 is 16.0. The molecule has 2 heterocycles. The number of H-pyrrole nitrogens is 1. The van der Waals surface area contributed by atoms with E-state index >= 15 is 0 Å². The van der Waals surface area contributed by atoms with Crippen LogP contribution in [-0.4, -0.2) is 46.8 Å². The molecule has 0 bridgehead atoms. The molecule has 30 heavy (non-hydrogen) atoms. The van der Waals surface area contributed by atoms with Gasteiger partial charge in [-0.3, -0.25) is 5.10 Å². The number of fused-ring (bicyclic) bond motifs is 1. The van der Waals surface area contributed by atoms with Crippen molar-refractivity contribution < 1.29 is 23.9 Å². The van der Waals surface area contributed by atoms with Crippen LogP contribution in [-0.2, 0) is 4.74 Å². The predicted molar refractivity (Wildman–Crippen MR) is 108 cm³/mol. The van der Waals surface area contributed by atoms with Gasteiger partial charge in [-0.05, 0) is 24.3 Å². The first-order valence-electron chi connectivity index (χ1n) is 8.93. The molecule has 0 radical (unpaired) electrons. The molecule has 0 saturated carbocycles. The van der Waals surface area contributed by atoms with Crippen molar-refractivity contribution in [3.05, 3.63) is 59.4 Å². The van der Waals surface area contributed by atoms with Gasteiger partial charge in [-0.1, -0.05) is 17.3 Å². The number of benzene rings is 2. The lowest BCUT2D eigenvalue weighted by atomic mass is 10.1. The highest BCUT2D eigenvalue weighted by atomic mass is 16.5. The fraction of sp³-hybridized carbons (Fsp3) is 0.143. The van der Waals surface area contributed by atoms with E-state index in [-0.39, 0.29) is 5.56 Å². The summed E-state index contributed by atoms with van der Waals surface area (Å²) in [5.41, 5.74) is 3.00. The van der Waals surface area contributed by atoms with Crippen molar-refractivity contribution in [2.24, 2.45) is 0 Å².